The number of hydrogen-bond acceptors (Lipinski definition) is 2. The number of rotatable bonds is 2. The lowest BCUT2D eigenvalue weighted by molar-refractivity contribution is 0.133. The van der Waals surface area contributed by atoms with Crippen molar-refractivity contribution in [3.05, 3.63) is 29.3 Å². The van der Waals surface area contributed by atoms with Crippen molar-refractivity contribution in [2.45, 2.75) is 26.4 Å². The van der Waals surface area contributed by atoms with Crippen molar-refractivity contribution < 1.29 is 9.84 Å². The summed E-state index contributed by atoms with van der Waals surface area (Å²) >= 11 is 0. The van der Waals surface area contributed by atoms with Crippen LogP contribution in [0.4, 0.5) is 0 Å². The lowest BCUT2D eigenvalue weighted by atomic mass is 10.1. The first-order valence-corrected chi connectivity index (χ1v) is 5.16. The Morgan fingerprint density at radius 1 is 1.50 bits per heavy atom. The van der Waals surface area contributed by atoms with Gasteiger partial charge in [-0.25, -0.2) is 0 Å². The van der Waals surface area contributed by atoms with Gasteiger partial charge in [-0.1, -0.05) is 19.1 Å². The molecule has 0 saturated heterocycles. The third kappa shape index (κ3) is 1.40. The minimum absolute atomic E-state index is 0.312. The van der Waals surface area contributed by atoms with Gasteiger partial charge in [0.05, 0.1) is 12.7 Å². The molecule has 0 spiro atoms. The summed E-state index contributed by atoms with van der Waals surface area (Å²) in [6.07, 6.45) is 0.609. The Hall–Kier alpha value is -1.02. The van der Waals surface area contributed by atoms with Crippen molar-refractivity contribution >= 4 is 0 Å². The topological polar surface area (TPSA) is 29.5 Å². The first kappa shape index (κ1) is 9.53. The number of aliphatic hydroxyl groups is 1. The first-order valence-electron chi connectivity index (χ1n) is 5.16. The molecule has 2 unspecified atom stereocenters. The van der Waals surface area contributed by atoms with Gasteiger partial charge < -0.3 is 9.84 Å². The summed E-state index contributed by atoms with van der Waals surface area (Å²) in [4.78, 5) is 0. The summed E-state index contributed by atoms with van der Waals surface area (Å²) in [6.45, 7) is 4.73. The summed E-state index contributed by atoms with van der Waals surface area (Å²) in [5.74, 6) is 1.25. The summed E-state index contributed by atoms with van der Waals surface area (Å²) in [6, 6.07) is 5.92. The van der Waals surface area contributed by atoms with E-state index in [1.54, 1.807) is 0 Å². The second kappa shape index (κ2) is 3.62. The van der Waals surface area contributed by atoms with Crippen LogP contribution >= 0.6 is 0 Å². The predicted molar refractivity (Wildman–Crippen MR) is 55.4 cm³/mol. The number of benzene rings is 1. The van der Waals surface area contributed by atoms with Crippen LogP contribution in [-0.4, -0.2) is 11.7 Å². The molecule has 2 heteroatoms. The van der Waals surface area contributed by atoms with E-state index < -0.39 is 0 Å². The zero-order chi connectivity index (χ0) is 10.1. The Kier molecular flexibility index (Phi) is 2.46. The molecule has 0 heterocycles. The molecule has 0 fully saturated rings. The average Bonchev–Trinajstić information content (AvgIpc) is 2.46. The standard InChI is InChI=1S/C12H16O2/c1-3-14-11-6-4-5-9-10(11)7-8(2)12(9)13/h4-6,8,12-13H,3,7H2,1-2H3. The summed E-state index contributed by atoms with van der Waals surface area (Å²) in [7, 11) is 0. The summed E-state index contributed by atoms with van der Waals surface area (Å²) in [5.41, 5.74) is 2.23. The van der Waals surface area contributed by atoms with E-state index in [1.807, 2.05) is 25.1 Å². The van der Waals surface area contributed by atoms with Crippen LogP contribution in [-0.2, 0) is 6.42 Å². The van der Waals surface area contributed by atoms with Gasteiger partial charge >= 0.3 is 0 Å². The van der Waals surface area contributed by atoms with Crippen molar-refractivity contribution in [2.75, 3.05) is 6.61 Å². The third-order valence-electron chi connectivity index (χ3n) is 2.85. The number of fused-ring (bicyclic) bond motifs is 1. The van der Waals surface area contributed by atoms with Crippen LogP contribution in [0.25, 0.3) is 0 Å². The smallest absolute Gasteiger partial charge is 0.122 e. The van der Waals surface area contributed by atoms with Crippen LogP contribution in [0.5, 0.6) is 5.75 Å². The molecule has 0 radical (unpaired) electrons. The van der Waals surface area contributed by atoms with Crippen molar-refractivity contribution in [3.8, 4) is 5.75 Å². The van der Waals surface area contributed by atoms with Gasteiger partial charge in [0.1, 0.15) is 5.75 Å². The normalized spacial score (nSPS) is 24.8. The molecule has 14 heavy (non-hydrogen) atoms. The SMILES string of the molecule is CCOc1cccc2c1CC(C)C2O. The van der Waals surface area contributed by atoms with E-state index in [-0.39, 0.29) is 6.10 Å². The predicted octanol–water partition coefficient (Wildman–Crippen LogP) is 2.31. The van der Waals surface area contributed by atoms with E-state index in [1.165, 1.54) is 5.56 Å². The van der Waals surface area contributed by atoms with E-state index in [0.717, 1.165) is 17.7 Å². The Balaban J connectivity index is 2.40. The maximum Gasteiger partial charge on any atom is 0.122 e. The molecule has 0 aliphatic heterocycles. The van der Waals surface area contributed by atoms with Crippen molar-refractivity contribution in [1.29, 1.82) is 0 Å². The molecule has 1 N–H and O–H groups in total. The summed E-state index contributed by atoms with van der Waals surface area (Å²) < 4.78 is 5.53. The summed E-state index contributed by atoms with van der Waals surface area (Å²) in [5, 5.41) is 9.89. The van der Waals surface area contributed by atoms with Crippen LogP contribution in [0.2, 0.25) is 0 Å². The quantitative estimate of drug-likeness (QED) is 0.779. The molecule has 76 valence electrons. The van der Waals surface area contributed by atoms with E-state index in [2.05, 4.69) is 6.92 Å². The van der Waals surface area contributed by atoms with Crippen molar-refractivity contribution in [2.24, 2.45) is 5.92 Å². The minimum Gasteiger partial charge on any atom is -0.494 e. The Morgan fingerprint density at radius 2 is 2.29 bits per heavy atom. The Labute approximate surface area is 84.5 Å². The molecule has 1 aromatic carbocycles. The lowest BCUT2D eigenvalue weighted by Gasteiger charge is -2.09. The van der Waals surface area contributed by atoms with Gasteiger partial charge in [-0.15, -0.1) is 0 Å². The maximum absolute atomic E-state index is 9.89. The fourth-order valence-electron chi connectivity index (χ4n) is 2.11. The molecule has 2 rings (SSSR count). The highest BCUT2D eigenvalue weighted by Gasteiger charge is 2.29. The monoisotopic (exact) mass is 192 g/mol. The van der Waals surface area contributed by atoms with Gasteiger partial charge in [0, 0.05) is 5.56 Å². The maximum atomic E-state index is 9.89. The highest BCUT2D eigenvalue weighted by Crippen LogP contribution is 2.40. The van der Waals surface area contributed by atoms with E-state index in [9.17, 15) is 5.11 Å². The van der Waals surface area contributed by atoms with Crippen LogP contribution < -0.4 is 4.74 Å². The van der Waals surface area contributed by atoms with E-state index in [4.69, 9.17) is 4.74 Å². The van der Waals surface area contributed by atoms with Gasteiger partial charge in [-0.3, -0.25) is 0 Å². The minimum atomic E-state index is -0.314. The van der Waals surface area contributed by atoms with Gasteiger partial charge in [-0.2, -0.15) is 0 Å². The zero-order valence-electron chi connectivity index (χ0n) is 8.66. The highest BCUT2D eigenvalue weighted by atomic mass is 16.5. The van der Waals surface area contributed by atoms with E-state index >= 15 is 0 Å². The molecule has 0 saturated carbocycles. The fourth-order valence-corrected chi connectivity index (χ4v) is 2.11. The van der Waals surface area contributed by atoms with Gasteiger partial charge in [0.15, 0.2) is 0 Å². The highest BCUT2D eigenvalue weighted by molar-refractivity contribution is 5.45. The number of ether oxygens (including phenoxy) is 1. The molecule has 2 nitrogen and oxygen atoms in total. The van der Waals surface area contributed by atoms with Crippen LogP contribution in [0.3, 0.4) is 0 Å². The van der Waals surface area contributed by atoms with E-state index in [0.29, 0.717) is 12.5 Å². The number of hydrogen-bond donors (Lipinski definition) is 1. The molecule has 1 aliphatic rings. The Morgan fingerprint density at radius 3 is 3.00 bits per heavy atom. The third-order valence-corrected chi connectivity index (χ3v) is 2.85. The number of aliphatic hydroxyl groups excluding tert-OH is 1. The Bertz CT molecular complexity index is 333. The molecule has 2 atom stereocenters. The second-order valence-corrected chi connectivity index (χ2v) is 3.88. The van der Waals surface area contributed by atoms with Crippen molar-refractivity contribution in [1.82, 2.24) is 0 Å². The van der Waals surface area contributed by atoms with Crippen LogP contribution in [0.15, 0.2) is 18.2 Å². The average molecular weight is 192 g/mol. The molecular weight excluding hydrogens is 176 g/mol. The molecule has 1 aromatic rings. The van der Waals surface area contributed by atoms with Crippen molar-refractivity contribution in [3.63, 3.8) is 0 Å². The second-order valence-electron chi connectivity index (χ2n) is 3.88. The zero-order valence-corrected chi connectivity index (χ0v) is 8.66. The molecule has 0 amide bonds. The lowest BCUT2D eigenvalue weighted by Crippen LogP contribution is -2.00. The molecule has 1 aliphatic carbocycles. The fraction of sp³-hybridized carbons (Fsp3) is 0.500. The largest absolute Gasteiger partial charge is 0.494 e. The van der Waals surface area contributed by atoms with Gasteiger partial charge in [0.2, 0.25) is 0 Å². The van der Waals surface area contributed by atoms with Crippen LogP contribution in [0.1, 0.15) is 31.1 Å². The molecule has 0 bridgehead atoms. The van der Waals surface area contributed by atoms with Gasteiger partial charge in [-0.05, 0) is 30.9 Å². The van der Waals surface area contributed by atoms with Gasteiger partial charge in [0.25, 0.3) is 0 Å². The molecule has 0 aromatic heterocycles. The van der Waals surface area contributed by atoms with Crippen LogP contribution in [0, 0.1) is 5.92 Å². The molecular formula is C12H16O2. The first-order chi connectivity index (χ1) is 6.74.